The predicted octanol–water partition coefficient (Wildman–Crippen LogP) is 2.53. The summed E-state index contributed by atoms with van der Waals surface area (Å²) in [6, 6.07) is 2.05. The third kappa shape index (κ3) is 5.03. The van der Waals surface area contributed by atoms with Crippen molar-refractivity contribution >= 4 is 34.1 Å². The smallest absolute Gasteiger partial charge is 0.341 e. The SMILES string of the molecule is CC(=O)Nc1sc(C)c(C)c1C(=O)OCC(=O)N[C@@](C)(C#N)C(C)C. The molecule has 25 heavy (non-hydrogen) atoms. The minimum absolute atomic E-state index is 0.106. The van der Waals surface area contributed by atoms with Crippen molar-refractivity contribution in [3.63, 3.8) is 0 Å². The van der Waals surface area contributed by atoms with Crippen LogP contribution in [0, 0.1) is 31.1 Å². The maximum Gasteiger partial charge on any atom is 0.341 e. The number of ether oxygens (including phenoxy) is 1. The van der Waals surface area contributed by atoms with Gasteiger partial charge in [-0.2, -0.15) is 5.26 Å². The standard InChI is InChI=1S/C17H23N3O4S/c1-9(2)17(6,8-18)20-13(22)7-24-16(23)14-10(3)11(4)25-15(14)19-12(5)21/h9H,7H2,1-6H3,(H,19,21)(H,20,22)/t17-/m0/s1. The van der Waals surface area contributed by atoms with E-state index in [2.05, 4.69) is 16.7 Å². The van der Waals surface area contributed by atoms with Gasteiger partial charge in [0, 0.05) is 11.8 Å². The Morgan fingerprint density at radius 2 is 1.92 bits per heavy atom. The summed E-state index contributed by atoms with van der Waals surface area (Å²) in [7, 11) is 0. The van der Waals surface area contributed by atoms with Crippen molar-refractivity contribution in [1.29, 1.82) is 5.26 Å². The third-order valence-electron chi connectivity index (χ3n) is 4.00. The van der Waals surface area contributed by atoms with E-state index in [9.17, 15) is 19.6 Å². The van der Waals surface area contributed by atoms with E-state index in [0.717, 1.165) is 4.88 Å². The molecule has 0 aliphatic rings. The highest BCUT2D eigenvalue weighted by atomic mass is 32.1. The normalized spacial score (nSPS) is 12.9. The number of carbonyl (C=O) groups is 3. The van der Waals surface area contributed by atoms with Crippen LogP contribution in [-0.4, -0.2) is 29.9 Å². The predicted molar refractivity (Wildman–Crippen MR) is 95.4 cm³/mol. The molecule has 0 aliphatic heterocycles. The van der Waals surface area contributed by atoms with Crippen LogP contribution in [0.25, 0.3) is 0 Å². The number of rotatable bonds is 6. The highest BCUT2D eigenvalue weighted by molar-refractivity contribution is 7.16. The number of hydrogen-bond donors (Lipinski definition) is 2. The van der Waals surface area contributed by atoms with Gasteiger partial charge in [0.2, 0.25) is 5.91 Å². The Morgan fingerprint density at radius 3 is 2.40 bits per heavy atom. The van der Waals surface area contributed by atoms with Crippen molar-refractivity contribution in [2.75, 3.05) is 11.9 Å². The van der Waals surface area contributed by atoms with Crippen LogP contribution in [0.4, 0.5) is 5.00 Å². The average molecular weight is 365 g/mol. The second kappa shape index (κ2) is 8.12. The van der Waals surface area contributed by atoms with Crippen molar-refractivity contribution in [2.24, 2.45) is 5.92 Å². The van der Waals surface area contributed by atoms with E-state index in [4.69, 9.17) is 4.74 Å². The van der Waals surface area contributed by atoms with Gasteiger partial charge in [0.25, 0.3) is 5.91 Å². The van der Waals surface area contributed by atoms with Gasteiger partial charge in [-0.25, -0.2) is 4.79 Å². The number of hydrogen-bond acceptors (Lipinski definition) is 6. The molecule has 2 amide bonds. The first-order chi connectivity index (χ1) is 11.5. The van der Waals surface area contributed by atoms with Gasteiger partial charge in [-0.3, -0.25) is 9.59 Å². The topological polar surface area (TPSA) is 108 Å². The lowest BCUT2D eigenvalue weighted by Gasteiger charge is -2.27. The largest absolute Gasteiger partial charge is 0.452 e. The summed E-state index contributed by atoms with van der Waals surface area (Å²) in [5.74, 6) is -1.65. The molecular formula is C17H23N3O4S. The number of nitrogens with one attached hydrogen (secondary N) is 2. The van der Waals surface area contributed by atoms with Gasteiger partial charge in [0.15, 0.2) is 6.61 Å². The number of esters is 1. The Morgan fingerprint density at radius 1 is 1.32 bits per heavy atom. The first-order valence-corrected chi connectivity index (χ1v) is 8.60. The van der Waals surface area contributed by atoms with E-state index in [0.29, 0.717) is 10.6 Å². The van der Waals surface area contributed by atoms with Crippen molar-refractivity contribution in [3.05, 3.63) is 16.0 Å². The average Bonchev–Trinajstić information content (AvgIpc) is 2.78. The number of thiophene rings is 1. The zero-order valence-corrected chi connectivity index (χ0v) is 16.1. The van der Waals surface area contributed by atoms with Gasteiger partial charge < -0.3 is 15.4 Å². The van der Waals surface area contributed by atoms with E-state index in [-0.39, 0.29) is 17.4 Å². The molecule has 0 saturated heterocycles. The van der Waals surface area contributed by atoms with Gasteiger partial charge in [0.05, 0.1) is 11.6 Å². The summed E-state index contributed by atoms with van der Waals surface area (Å²) in [5.41, 5.74) is -0.0969. The monoisotopic (exact) mass is 365 g/mol. The molecule has 1 aromatic heterocycles. The number of amides is 2. The zero-order chi connectivity index (χ0) is 19.4. The lowest BCUT2D eigenvalue weighted by Crippen LogP contribution is -2.50. The fourth-order valence-electron chi connectivity index (χ4n) is 1.95. The van der Waals surface area contributed by atoms with Crippen LogP contribution in [0.5, 0.6) is 0 Å². The van der Waals surface area contributed by atoms with Gasteiger partial charge in [-0.15, -0.1) is 11.3 Å². The highest BCUT2D eigenvalue weighted by Gasteiger charge is 2.30. The Hall–Kier alpha value is -2.40. The second-order valence-electron chi connectivity index (χ2n) is 6.26. The Bertz CT molecular complexity index is 733. The molecule has 1 aromatic rings. The number of aryl methyl sites for hydroxylation is 1. The van der Waals surface area contributed by atoms with Crippen molar-refractivity contribution in [3.8, 4) is 6.07 Å². The summed E-state index contributed by atoms with van der Waals surface area (Å²) in [6.45, 7) is 9.66. The van der Waals surface area contributed by atoms with Gasteiger partial charge in [0.1, 0.15) is 10.5 Å². The van der Waals surface area contributed by atoms with Crippen LogP contribution < -0.4 is 10.6 Å². The van der Waals surface area contributed by atoms with Crippen LogP contribution in [0.1, 0.15) is 48.5 Å². The fraction of sp³-hybridized carbons (Fsp3) is 0.529. The molecule has 1 rings (SSSR count). The molecule has 0 saturated carbocycles. The third-order valence-corrected chi connectivity index (χ3v) is 5.12. The lowest BCUT2D eigenvalue weighted by atomic mass is 9.90. The molecule has 0 aromatic carbocycles. The Kier molecular flexibility index (Phi) is 6.70. The molecular weight excluding hydrogens is 342 g/mol. The summed E-state index contributed by atoms with van der Waals surface area (Å²) in [4.78, 5) is 36.5. The minimum atomic E-state index is -1.04. The molecule has 1 atom stereocenters. The van der Waals surface area contributed by atoms with E-state index >= 15 is 0 Å². The van der Waals surface area contributed by atoms with Gasteiger partial charge in [-0.1, -0.05) is 13.8 Å². The molecule has 2 N–H and O–H groups in total. The Labute approximate surface area is 151 Å². The molecule has 0 spiro atoms. The number of nitrogens with zero attached hydrogens (tertiary/aromatic N) is 1. The number of anilines is 1. The van der Waals surface area contributed by atoms with Crippen molar-refractivity contribution < 1.29 is 19.1 Å². The highest BCUT2D eigenvalue weighted by Crippen LogP contribution is 2.32. The zero-order valence-electron chi connectivity index (χ0n) is 15.3. The van der Waals surface area contributed by atoms with Crippen LogP contribution in [0.2, 0.25) is 0 Å². The molecule has 0 unspecified atom stereocenters. The molecule has 0 radical (unpaired) electrons. The van der Waals surface area contributed by atoms with Crippen LogP contribution in [0.3, 0.4) is 0 Å². The maximum absolute atomic E-state index is 12.3. The fourth-order valence-corrected chi connectivity index (χ4v) is 3.05. The van der Waals surface area contributed by atoms with E-state index in [1.165, 1.54) is 18.3 Å². The molecule has 136 valence electrons. The summed E-state index contributed by atoms with van der Waals surface area (Å²) < 4.78 is 5.07. The van der Waals surface area contributed by atoms with E-state index in [1.807, 2.05) is 20.8 Å². The minimum Gasteiger partial charge on any atom is -0.452 e. The summed E-state index contributed by atoms with van der Waals surface area (Å²) in [5, 5.41) is 14.8. The van der Waals surface area contributed by atoms with Gasteiger partial charge in [-0.05, 0) is 32.3 Å². The number of carbonyl (C=O) groups excluding carboxylic acids is 3. The summed E-state index contributed by atoms with van der Waals surface area (Å²) >= 11 is 1.27. The maximum atomic E-state index is 12.3. The molecule has 0 aliphatic carbocycles. The molecule has 7 nitrogen and oxygen atoms in total. The first-order valence-electron chi connectivity index (χ1n) is 7.78. The van der Waals surface area contributed by atoms with E-state index < -0.39 is 24.0 Å². The van der Waals surface area contributed by atoms with Crippen LogP contribution >= 0.6 is 11.3 Å². The first kappa shape index (κ1) is 20.6. The molecule has 0 bridgehead atoms. The van der Waals surface area contributed by atoms with Crippen LogP contribution in [0.15, 0.2) is 0 Å². The number of nitriles is 1. The molecule has 0 fully saturated rings. The quantitative estimate of drug-likeness (QED) is 0.753. The summed E-state index contributed by atoms with van der Waals surface area (Å²) in [6.07, 6.45) is 0. The molecule has 1 heterocycles. The van der Waals surface area contributed by atoms with E-state index in [1.54, 1.807) is 13.8 Å². The van der Waals surface area contributed by atoms with Crippen LogP contribution in [-0.2, 0) is 14.3 Å². The van der Waals surface area contributed by atoms with Crippen molar-refractivity contribution in [2.45, 2.75) is 47.1 Å². The molecule has 8 heteroatoms. The Balaban J connectivity index is 2.83. The second-order valence-corrected chi connectivity index (χ2v) is 7.49. The van der Waals surface area contributed by atoms with Crippen molar-refractivity contribution in [1.82, 2.24) is 5.32 Å². The lowest BCUT2D eigenvalue weighted by molar-refractivity contribution is -0.125. The van der Waals surface area contributed by atoms with Gasteiger partial charge >= 0.3 is 5.97 Å².